The zero-order valence-corrected chi connectivity index (χ0v) is 13.7. The summed E-state index contributed by atoms with van der Waals surface area (Å²) in [4.78, 5) is 0. The molecule has 0 unspecified atom stereocenters. The minimum atomic E-state index is -0.820. The van der Waals surface area contributed by atoms with Crippen LogP contribution >= 0.6 is 0 Å². The summed E-state index contributed by atoms with van der Waals surface area (Å²) in [5.74, 6) is -1.62. The van der Waals surface area contributed by atoms with Crippen molar-refractivity contribution in [2.24, 2.45) is 0 Å². The SMILES string of the molecule is CCCCc1cccc(-c2ccccc2-c2cccc(F)c2F)c1. The molecule has 0 aliphatic carbocycles. The lowest BCUT2D eigenvalue weighted by atomic mass is 9.93. The highest BCUT2D eigenvalue weighted by Crippen LogP contribution is 2.34. The Hall–Kier alpha value is -2.48. The molecule has 0 heterocycles. The summed E-state index contributed by atoms with van der Waals surface area (Å²) < 4.78 is 27.9. The molecule has 24 heavy (non-hydrogen) atoms. The van der Waals surface area contributed by atoms with E-state index in [9.17, 15) is 8.78 Å². The molecule has 0 aliphatic rings. The predicted molar refractivity (Wildman–Crippen MR) is 95.8 cm³/mol. The van der Waals surface area contributed by atoms with E-state index in [2.05, 4.69) is 19.1 Å². The summed E-state index contributed by atoms with van der Waals surface area (Å²) in [7, 11) is 0. The van der Waals surface area contributed by atoms with Crippen LogP contribution in [0.4, 0.5) is 8.78 Å². The summed E-state index contributed by atoms with van der Waals surface area (Å²) >= 11 is 0. The van der Waals surface area contributed by atoms with Gasteiger partial charge in [0.2, 0.25) is 0 Å². The lowest BCUT2D eigenvalue weighted by Crippen LogP contribution is -1.92. The second-order valence-electron chi connectivity index (χ2n) is 5.95. The second-order valence-corrected chi connectivity index (χ2v) is 5.95. The number of hydrogen-bond acceptors (Lipinski definition) is 0. The first kappa shape index (κ1) is 16.4. The Labute approximate surface area is 141 Å². The van der Waals surface area contributed by atoms with E-state index in [0.717, 1.165) is 36.5 Å². The fraction of sp³-hybridized carbons (Fsp3) is 0.182. The number of hydrogen-bond donors (Lipinski definition) is 0. The number of aryl methyl sites for hydroxylation is 1. The van der Waals surface area contributed by atoms with Crippen molar-refractivity contribution in [3.8, 4) is 22.3 Å². The van der Waals surface area contributed by atoms with Gasteiger partial charge in [-0.1, -0.05) is 74.0 Å². The summed E-state index contributed by atoms with van der Waals surface area (Å²) in [6.07, 6.45) is 3.32. The zero-order valence-electron chi connectivity index (χ0n) is 13.7. The quantitative estimate of drug-likeness (QED) is 0.494. The largest absolute Gasteiger partial charge is 0.204 e. The van der Waals surface area contributed by atoms with E-state index in [1.807, 2.05) is 36.4 Å². The van der Waals surface area contributed by atoms with Gasteiger partial charge in [0.1, 0.15) is 0 Å². The predicted octanol–water partition coefficient (Wildman–Crippen LogP) is 6.64. The number of unbranched alkanes of at least 4 members (excludes halogenated alkanes) is 1. The van der Waals surface area contributed by atoms with E-state index in [1.165, 1.54) is 5.56 Å². The van der Waals surface area contributed by atoms with Gasteiger partial charge in [-0.05, 0) is 41.2 Å². The Morgan fingerprint density at radius 1 is 0.750 bits per heavy atom. The van der Waals surface area contributed by atoms with Crippen molar-refractivity contribution in [1.82, 2.24) is 0 Å². The Morgan fingerprint density at radius 2 is 1.46 bits per heavy atom. The van der Waals surface area contributed by atoms with Gasteiger partial charge in [-0.3, -0.25) is 0 Å². The zero-order chi connectivity index (χ0) is 16.9. The normalized spacial score (nSPS) is 10.8. The van der Waals surface area contributed by atoms with Crippen molar-refractivity contribution in [1.29, 1.82) is 0 Å². The van der Waals surface area contributed by atoms with Crippen LogP contribution in [0, 0.1) is 11.6 Å². The van der Waals surface area contributed by atoms with Crippen LogP contribution < -0.4 is 0 Å². The third kappa shape index (κ3) is 3.38. The standard InChI is InChI=1S/C22H20F2/c1-2-3-8-16-9-6-10-17(15-16)18-11-4-5-12-19(18)20-13-7-14-21(23)22(20)24/h4-7,9-15H,2-3,8H2,1H3. The molecular weight excluding hydrogens is 302 g/mol. The van der Waals surface area contributed by atoms with Crippen LogP contribution in [0.3, 0.4) is 0 Å². The molecule has 2 heteroatoms. The van der Waals surface area contributed by atoms with Gasteiger partial charge in [0.25, 0.3) is 0 Å². The van der Waals surface area contributed by atoms with Crippen LogP contribution in [-0.2, 0) is 6.42 Å². The van der Waals surface area contributed by atoms with Gasteiger partial charge in [-0.25, -0.2) is 8.78 Å². The molecule has 0 N–H and O–H groups in total. The Morgan fingerprint density at radius 3 is 2.25 bits per heavy atom. The minimum absolute atomic E-state index is 0.296. The maximum Gasteiger partial charge on any atom is 0.166 e. The number of rotatable bonds is 5. The van der Waals surface area contributed by atoms with Crippen molar-refractivity contribution in [2.75, 3.05) is 0 Å². The van der Waals surface area contributed by atoms with Gasteiger partial charge >= 0.3 is 0 Å². The average Bonchev–Trinajstić information content (AvgIpc) is 2.62. The van der Waals surface area contributed by atoms with Gasteiger partial charge in [0, 0.05) is 5.56 Å². The van der Waals surface area contributed by atoms with E-state index >= 15 is 0 Å². The summed E-state index contributed by atoms with van der Waals surface area (Å²) in [6, 6.07) is 20.2. The highest BCUT2D eigenvalue weighted by molar-refractivity contribution is 5.83. The second kappa shape index (κ2) is 7.39. The molecular formula is C22H20F2. The fourth-order valence-corrected chi connectivity index (χ4v) is 2.96. The lowest BCUT2D eigenvalue weighted by molar-refractivity contribution is 0.511. The molecule has 122 valence electrons. The van der Waals surface area contributed by atoms with Crippen molar-refractivity contribution in [3.63, 3.8) is 0 Å². The number of halogens is 2. The van der Waals surface area contributed by atoms with E-state index < -0.39 is 11.6 Å². The summed E-state index contributed by atoms with van der Waals surface area (Å²) in [5, 5.41) is 0. The lowest BCUT2D eigenvalue weighted by Gasteiger charge is -2.12. The van der Waals surface area contributed by atoms with Crippen LogP contribution in [-0.4, -0.2) is 0 Å². The van der Waals surface area contributed by atoms with E-state index in [4.69, 9.17) is 0 Å². The van der Waals surface area contributed by atoms with Crippen LogP contribution in [0.25, 0.3) is 22.3 Å². The van der Waals surface area contributed by atoms with Crippen LogP contribution in [0.5, 0.6) is 0 Å². The maximum atomic E-state index is 14.3. The molecule has 0 aliphatic heterocycles. The molecule has 0 saturated heterocycles. The average molecular weight is 322 g/mol. The molecule has 0 bridgehead atoms. The van der Waals surface area contributed by atoms with Crippen LogP contribution in [0.15, 0.2) is 66.7 Å². The van der Waals surface area contributed by atoms with Crippen molar-refractivity contribution >= 4 is 0 Å². The van der Waals surface area contributed by atoms with Crippen molar-refractivity contribution in [2.45, 2.75) is 26.2 Å². The molecule has 0 nitrogen and oxygen atoms in total. The van der Waals surface area contributed by atoms with Crippen LogP contribution in [0.1, 0.15) is 25.3 Å². The van der Waals surface area contributed by atoms with Crippen molar-refractivity contribution < 1.29 is 8.78 Å². The highest BCUT2D eigenvalue weighted by atomic mass is 19.2. The van der Waals surface area contributed by atoms with Gasteiger partial charge < -0.3 is 0 Å². The first-order valence-corrected chi connectivity index (χ1v) is 8.33. The topological polar surface area (TPSA) is 0 Å². The minimum Gasteiger partial charge on any atom is -0.204 e. The molecule has 0 radical (unpaired) electrons. The van der Waals surface area contributed by atoms with E-state index in [-0.39, 0.29) is 0 Å². The Bertz CT molecular complexity index is 837. The molecule has 0 saturated carbocycles. The monoisotopic (exact) mass is 322 g/mol. The van der Waals surface area contributed by atoms with Gasteiger partial charge in [-0.2, -0.15) is 0 Å². The van der Waals surface area contributed by atoms with Gasteiger partial charge in [0.05, 0.1) is 0 Å². The van der Waals surface area contributed by atoms with Crippen LogP contribution in [0.2, 0.25) is 0 Å². The van der Waals surface area contributed by atoms with E-state index in [1.54, 1.807) is 12.1 Å². The first-order valence-electron chi connectivity index (χ1n) is 8.33. The molecule has 0 spiro atoms. The third-order valence-electron chi connectivity index (χ3n) is 4.23. The molecule has 3 rings (SSSR count). The molecule has 3 aromatic carbocycles. The van der Waals surface area contributed by atoms with Crippen molar-refractivity contribution in [3.05, 3.63) is 83.9 Å². The fourth-order valence-electron chi connectivity index (χ4n) is 2.96. The summed E-state index contributed by atoms with van der Waals surface area (Å²) in [5.41, 5.74) is 4.22. The van der Waals surface area contributed by atoms with Gasteiger partial charge in [-0.15, -0.1) is 0 Å². The molecule has 0 aromatic heterocycles. The Kier molecular flexibility index (Phi) is 5.05. The molecule has 0 fully saturated rings. The first-order chi connectivity index (χ1) is 11.7. The maximum absolute atomic E-state index is 14.3. The highest BCUT2D eigenvalue weighted by Gasteiger charge is 2.14. The molecule has 0 atom stereocenters. The molecule has 3 aromatic rings. The van der Waals surface area contributed by atoms with Gasteiger partial charge in [0.15, 0.2) is 11.6 Å². The smallest absolute Gasteiger partial charge is 0.166 e. The molecule has 0 amide bonds. The van der Waals surface area contributed by atoms with E-state index in [0.29, 0.717) is 11.1 Å². The summed E-state index contributed by atoms with van der Waals surface area (Å²) in [6.45, 7) is 2.17. The third-order valence-corrected chi connectivity index (χ3v) is 4.23. The Balaban J connectivity index is 2.09. The number of benzene rings is 3.